The van der Waals surface area contributed by atoms with E-state index in [0.717, 1.165) is 48.4 Å². The number of benzene rings is 3. The standard InChI is InChI=1S/C28H29F3N4/c1-20-5-3-4-6-26(20)21-7-8-22-19-35(32-17-24(22)15-21)25-10-9-23(27(16-25)28(29,30)31)18-34-13-11-33(2)12-14-34/h3-10,15-17H,11-14,18-19H2,1-2H3. The molecular formula is C28H29F3N4. The van der Waals surface area contributed by atoms with Crippen molar-refractivity contribution < 1.29 is 13.2 Å². The van der Waals surface area contributed by atoms with Gasteiger partial charge in [0.25, 0.3) is 0 Å². The van der Waals surface area contributed by atoms with Gasteiger partial charge in [-0.25, -0.2) is 0 Å². The maximum atomic E-state index is 14.0. The predicted molar refractivity (Wildman–Crippen MR) is 135 cm³/mol. The van der Waals surface area contributed by atoms with E-state index in [1.807, 2.05) is 25.2 Å². The molecule has 182 valence electrons. The zero-order valence-electron chi connectivity index (χ0n) is 20.0. The lowest BCUT2D eigenvalue weighted by Gasteiger charge is -2.33. The Balaban J connectivity index is 1.39. The first kappa shape index (κ1) is 23.6. The van der Waals surface area contributed by atoms with E-state index in [-0.39, 0.29) is 0 Å². The van der Waals surface area contributed by atoms with Crippen molar-refractivity contribution in [3.63, 3.8) is 0 Å². The molecule has 1 saturated heterocycles. The molecule has 5 rings (SSSR count). The van der Waals surface area contributed by atoms with E-state index in [1.165, 1.54) is 11.6 Å². The number of aryl methyl sites for hydroxylation is 1. The molecular weight excluding hydrogens is 449 g/mol. The van der Waals surface area contributed by atoms with E-state index < -0.39 is 11.7 Å². The average molecular weight is 479 g/mol. The summed E-state index contributed by atoms with van der Waals surface area (Å²) in [5.41, 5.74) is 5.67. The number of anilines is 1. The molecule has 7 heteroatoms. The summed E-state index contributed by atoms with van der Waals surface area (Å²) in [7, 11) is 2.04. The minimum Gasteiger partial charge on any atom is -0.304 e. The molecule has 0 aromatic heterocycles. The fourth-order valence-electron chi connectivity index (χ4n) is 4.79. The molecule has 0 aliphatic carbocycles. The number of fused-ring (bicyclic) bond motifs is 1. The van der Waals surface area contributed by atoms with Gasteiger partial charge in [-0.15, -0.1) is 0 Å². The van der Waals surface area contributed by atoms with Gasteiger partial charge in [0, 0.05) is 38.3 Å². The van der Waals surface area contributed by atoms with E-state index >= 15 is 0 Å². The Morgan fingerprint density at radius 3 is 2.43 bits per heavy atom. The number of likely N-dealkylation sites (N-methyl/N-ethyl adjacent to an activating group) is 1. The van der Waals surface area contributed by atoms with E-state index in [2.05, 4.69) is 46.1 Å². The first-order valence-corrected chi connectivity index (χ1v) is 11.9. The SMILES string of the molecule is Cc1ccccc1-c1ccc2c(c1)C=NN(c1ccc(CN3CCN(C)CC3)c(C(F)(F)F)c1)C2. The molecule has 4 nitrogen and oxygen atoms in total. The van der Waals surface area contributed by atoms with Gasteiger partial charge in [-0.1, -0.05) is 42.5 Å². The zero-order valence-corrected chi connectivity index (χ0v) is 20.0. The van der Waals surface area contributed by atoms with Gasteiger partial charge in [0.15, 0.2) is 0 Å². The van der Waals surface area contributed by atoms with Gasteiger partial charge in [-0.2, -0.15) is 18.3 Å². The third kappa shape index (κ3) is 5.11. The molecule has 2 aliphatic rings. The smallest absolute Gasteiger partial charge is 0.304 e. The lowest BCUT2D eigenvalue weighted by molar-refractivity contribution is -0.138. The number of hydrogen-bond acceptors (Lipinski definition) is 4. The summed E-state index contributed by atoms with van der Waals surface area (Å²) in [5.74, 6) is 0. The van der Waals surface area contributed by atoms with Crippen molar-refractivity contribution in [3.8, 4) is 11.1 Å². The molecule has 0 saturated carbocycles. The highest BCUT2D eigenvalue weighted by molar-refractivity contribution is 5.87. The summed E-state index contributed by atoms with van der Waals surface area (Å²) in [6.07, 6.45) is -2.68. The van der Waals surface area contributed by atoms with Gasteiger partial charge in [-0.3, -0.25) is 9.91 Å². The molecule has 3 aromatic rings. The normalized spacial score (nSPS) is 17.0. The Kier molecular flexibility index (Phi) is 6.38. The Hall–Kier alpha value is -3.16. The van der Waals surface area contributed by atoms with Crippen LogP contribution >= 0.6 is 0 Å². The molecule has 0 amide bonds. The molecule has 0 radical (unpaired) electrons. The summed E-state index contributed by atoms with van der Waals surface area (Å²) < 4.78 is 42.0. The number of rotatable bonds is 4. The summed E-state index contributed by atoms with van der Waals surface area (Å²) >= 11 is 0. The van der Waals surface area contributed by atoms with Gasteiger partial charge < -0.3 is 4.90 Å². The molecule has 2 aliphatic heterocycles. The molecule has 0 bridgehead atoms. The number of nitrogens with zero attached hydrogens (tertiary/aromatic N) is 4. The lowest BCUT2D eigenvalue weighted by atomic mass is 9.96. The van der Waals surface area contributed by atoms with Crippen molar-refractivity contribution >= 4 is 11.9 Å². The molecule has 0 spiro atoms. The van der Waals surface area contributed by atoms with E-state index in [9.17, 15) is 13.2 Å². The van der Waals surface area contributed by atoms with E-state index in [1.54, 1.807) is 23.4 Å². The van der Waals surface area contributed by atoms with Crippen LogP contribution in [0.1, 0.15) is 27.8 Å². The van der Waals surface area contributed by atoms with Crippen molar-refractivity contribution in [2.24, 2.45) is 5.10 Å². The topological polar surface area (TPSA) is 22.1 Å². The molecule has 1 fully saturated rings. The van der Waals surface area contributed by atoms with Crippen molar-refractivity contribution in [2.45, 2.75) is 26.2 Å². The summed E-state index contributed by atoms with van der Waals surface area (Å²) in [5, 5.41) is 6.14. The van der Waals surface area contributed by atoms with Crippen molar-refractivity contribution in [2.75, 3.05) is 38.2 Å². The summed E-state index contributed by atoms with van der Waals surface area (Å²) in [6, 6.07) is 19.0. The fraction of sp³-hybridized carbons (Fsp3) is 0.321. The Morgan fingerprint density at radius 1 is 0.914 bits per heavy atom. The fourth-order valence-corrected chi connectivity index (χ4v) is 4.79. The Labute approximate surface area is 204 Å². The van der Waals surface area contributed by atoms with Gasteiger partial charge in [0.05, 0.1) is 24.0 Å². The van der Waals surface area contributed by atoms with Crippen molar-refractivity contribution in [1.82, 2.24) is 9.80 Å². The van der Waals surface area contributed by atoms with Crippen LogP contribution in [0, 0.1) is 6.92 Å². The van der Waals surface area contributed by atoms with Gasteiger partial charge in [0.1, 0.15) is 0 Å². The lowest BCUT2D eigenvalue weighted by Crippen LogP contribution is -2.44. The van der Waals surface area contributed by atoms with Crippen LogP contribution in [0.25, 0.3) is 11.1 Å². The number of hydrogen-bond donors (Lipinski definition) is 0. The average Bonchev–Trinajstić information content (AvgIpc) is 2.85. The number of halogens is 3. The van der Waals surface area contributed by atoms with Crippen LogP contribution < -0.4 is 5.01 Å². The molecule has 0 unspecified atom stereocenters. The molecule has 3 aromatic carbocycles. The predicted octanol–water partition coefficient (Wildman–Crippen LogP) is 5.78. The Morgan fingerprint density at radius 2 is 1.69 bits per heavy atom. The van der Waals surface area contributed by atoms with Crippen LogP contribution in [0.3, 0.4) is 0 Å². The molecule has 35 heavy (non-hydrogen) atoms. The minimum absolute atomic E-state index is 0.302. The summed E-state index contributed by atoms with van der Waals surface area (Å²) in [6.45, 7) is 6.09. The maximum Gasteiger partial charge on any atom is 0.416 e. The van der Waals surface area contributed by atoms with Gasteiger partial charge in [-0.05, 0) is 60.0 Å². The number of hydrazone groups is 1. The second kappa shape index (κ2) is 9.47. The van der Waals surface area contributed by atoms with Crippen LogP contribution in [0.4, 0.5) is 18.9 Å². The van der Waals surface area contributed by atoms with E-state index in [0.29, 0.717) is 24.3 Å². The van der Waals surface area contributed by atoms with Crippen LogP contribution in [0.15, 0.2) is 65.8 Å². The van der Waals surface area contributed by atoms with Crippen LogP contribution in [0.2, 0.25) is 0 Å². The first-order chi connectivity index (χ1) is 16.8. The quantitative estimate of drug-likeness (QED) is 0.475. The zero-order chi connectivity index (χ0) is 24.6. The summed E-state index contributed by atoms with van der Waals surface area (Å²) in [4.78, 5) is 4.28. The van der Waals surface area contributed by atoms with Crippen molar-refractivity contribution in [1.29, 1.82) is 0 Å². The van der Waals surface area contributed by atoms with Gasteiger partial charge >= 0.3 is 6.18 Å². The molecule has 2 heterocycles. The number of alkyl halides is 3. The second-order valence-electron chi connectivity index (χ2n) is 9.45. The van der Waals surface area contributed by atoms with Crippen molar-refractivity contribution in [3.05, 3.63) is 88.5 Å². The minimum atomic E-state index is -4.42. The Bertz CT molecular complexity index is 1240. The highest BCUT2D eigenvalue weighted by Gasteiger charge is 2.34. The van der Waals surface area contributed by atoms with Gasteiger partial charge in [0.2, 0.25) is 0 Å². The molecule has 0 atom stereocenters. The third-order valence-electron chi connectivity index (χ3n) is 6.95. The monoisotopic (exact) mass is 478 g/mol. The van der Waals surface area contributed by atoms with Crippen LogP contribution in [-0.2, 0) is 19.3 Å². The second-order valence-corrected chi connectivity index (χ2v) is 9.45. The third-order valence-corrected chi connectivity index (χ3v) is 6.95. The van der Waals surface area contributed by atoms with E-state index in [4.69, 9.17) is 0 Å². The first-order valence-electron chi connectivity index (χ1n) is 11.9. The number of piperazine rings is 1. The highest BCUT2D eigenvalue weighted by Crippen LogP contribution is 2.36. The highest BCUT2D eigenvalue weighted by atomic mass is 19.4. The molecule has 0 N–H and O–H groups in total. The van der Waals surface area contributed by atoms with Crippen LogP contribution in [-0.4, -0.2) is 49.2 Å². The maximum absolute atomic E-state index is 14.0. The largest absolute Gasteiger partial charge is 0.416 e. The van der Waals surface area contributed by atoms with Crippen LogP contribution in [0.5, 0.6) is 0 Å².